The van der Waals surface area contributed by atoms with Crippen LogP contribution in [-0.4, -0.2) is 52.5 Å². The fourth-order valence-corrected chi connectivity index (χ4v) is 4.41. The summed E-state index contributed by atoms with van der Waals surface area (Å²) in [6, 6.07) is 11.4. The van der Waals surface area contributed by atoms with Gasteiger partial charge < -0.3 is 23.6 Å². The first-order chi connectivity index (χ1) is 16.5. The molecule has 0 saturated carbocycles. The summed E-state index contributed by atoms with van der Waals surface area (Å²) in [7, 11) is 0. The zero-order valence-electron chi connectivity index (χ0n) is 18.7. The van der Waals surface area contributed by atoms with Crippen LogP contribution in [-0.2, 0) is 0 Å². The van der Waals surface area contributed by atoms with Crippen molar-refractivity contribution >= 4 is 11.0 Å². The number of aliphatic hydroxyl groups is 1. The molecule has 3 heterocycles. The molecule has 0 amide bonds. The van der Waals surface area contributed by atoms with Crippen LogP contribution in [0.15, 0.2) is 51.3 Å². The van der Waals surface area contributed by atoms with Crippen molar-refractivity contribution in [3.05, 3.63) is 65.6 Å². The Hall–Kier alpha value is -3.30. The normalized spacial score (nSPS) is 16.2. The maximum atomic E-state index is 13.5. The van der Waals surface area contributed by atoms with Crippen LogP contribution in [0.2, 0.25) is 0 Å². The number of halogens is 2. The molecule has 9 heteroatoms. The molecule has 0 radical (unpaired) electrons. The number of β-amino-alcohol motifs (C(OH)–C–C–N with tert-alkyl or cyclic N) is 1. The number of hydrogen-bond donors (Lipinski definition) is 1. The number of furan rings is 1. The maximum absolute atomic E-state index is 13.5. The smallest absolute Gasteiger partial charge is 0.283 e. The van der Waals surface area contributed by atoms with Gasteiger partial charge in [-0.25, -0.2) is 8.78 Å². The predicted octanol–water partition coefficient (Wildman–Crippen LogP) is 4.69. The molecule has 0 spiro atoms. The van der Waals surface area contributed by atoms with Crippen molar-refractivity contribution in [2.75, 3.05) is 26.2 Å². The molecule has 5 rings (SSSR count). The van der Waals surface area contributed by atoms with Gasteiger partial charge in [-0.15, -0.1) is 10.2 Å². The Morgan fingerprint density at radius 2 is 1.91 bits per heavy atom. The molecule has 2 aromatic heterocycles. The van der Waals surface area contributed by atoms with Crippen molar-refractivity contribution in [3.63, 3.8) is 0 Å². The minimum absolute atomic E-state index is 0.127. The summed E-state index contributed by atoms with van der Waals surface area (Å²) in [6.07, 6.45) is 0.968. The quantitative estimate of drug-likeness (QED) is 0.420. The minimum Gasteiger partial charge on any atom is -0.490 e. The third-order valence-electron chi connectivity index (χ3n) is 6.16. The Morgan fingerprint density at radius 3 is 2.65 bits per heavy atom. The van der Waals surface area contributed by atoms with Crippen molar-refractivity contribution in [2.24, 2.45) is 0 Å². The Morgan fingerprint density at radius 1 is 1.09 bits per heavy atom. The average Bonchev–Trinajstić information content (AvgIpc) is 3.46. The van der Waals surface area contributed by atoms with E-state index in [1.54, 1.807) is 19.1 Å². The number of fused-ring (bicyclic) bond motifs is 1. The van der Waals surface area contributed by atoms with Crippen LogP contribution in [0, 0.1) is 18.6 Å². The van der Waals surface area contributed by atoms with Gasteiger partial charge in [-0.3, -0.25) is 0 Å². The second-order valence-corrected chi connectivity index (χ2v) is 8.62. The van der Waals surface area contributed by atoms with Crippen molar-refractivity contribution in [1.82, 2.24) is 15.1 Å². The lowest BCUT2D eigenvalue weighted by atomic mass is 9.89. The van der Waals surface area contributed by atoms with Gasteiger partial charge in [-0.05, 0) is 61.7 Å². The van der Waals surface area contributed by atoms with Gasteiger partial charge in [0, 0.05) is 19.5 Å². The van der Waals surface area contributed by atoms with Crippen molar-refractivity contribution < 1.29 is 27.5 Å². The van der Waals surface area contributed by atoms with Crippen LogP contribution >= 0.6 is 0 Å². The summed E-state index contributed by atoms with van der Waals surface area (Å²) >= 11 is 0. The second kappa shape index (κ2) is 9.52. The van der Waals surface area contributed by atoms with Crippen LogP contribution in [0.1, 0.15) is 30.2 Å². The third-order valence-corrected chi connectivity index (χ3v) is 6.16. The molecule has 4 aromatic rings. The Kier molecular flexibility index (Phi) is 6.30. The molecule has 1 saturated heterocycles. The highest BCUT2D eigenvalue weighted by Crippen LogP contribution is 2.33. The van der Waals surface area contributed by atoms with E-state index in [1.807, 2.05) is 18.2 Å². The molecule has 1 N–H and O–H groups in total. The molecule has 1 aliphatic heterocycles. The predicted molar refractivity (Wildman–Crippen MR) is 121 cm³/mol. The molecule has 0 aliphatic carbocycles. The Bertz CT molecular complexity index is 1280. The highest BCUT2D eigenvalue weighted by Gasteiger charge is 2.23. The summed E-state index contributed by atoms with van der Waals surface area (Å²) in [6.45, 7) is 3.84. The molecule has 7 nitrogen and oxygen atoms in total. The van der Waals surface area contributed by atoms with Crippen LogP contribution in [0.5, 0.6) is 5.75 Å². The van der Waals surface area contributed by atoms with E-state index in [9.17, 15) is 13.9 Å². The largest absolute Gasteiger partial charge is 0.490 e. The molecule has 34 heavy (non-hydrogen) atoms. The number of aryl methyl sites for hydroxylation is 1. The van der Waals surface area contributed by atoms with Gasteiger partial charge in [0.15, 0.2) is 17.4 Å². The summed E-state index contributed by atoms with van der Waals surface area (Å²) < 4.78 is 43.9. The van der Waals surface area contributed by atoms with Crippen molar-refractivity contribution in [2.45, 2.75) is 31.8 Å². The van der Waals surface area contributed by atoms with Crippen LogP contribution in [0.4, 0.5) is 8.78 Å². The minimum atomic E-state index is -0.823. The number of rotatable bonds is 7. The van der Waals surface area contributed by atoms with Gasteiger partial charge in [0.25, 0.3) is 5.89 Å². The lowest BCUT2D eigenvalue weighted by Crippen LogP contribution is -2.40. The molecule has 1 aliphatic rings. The lowest BCUT2D eigenvalue weighted by molar-refractivity contribution is 0.0599. The average molecular weight is 469 g/mol. The molecule has 1 fully saturated rings. The number of ether oxygens (including phenoxy) is 1. The maximum Gasteiger partial charge on any atom is 0.283 e. The first-order valence-corrected chi connectivity index (χ1v) is 11.3. The molecule has 0 bridgehead atoms. The van der Waals surface area contributed by atoms with Gasteiger partial charge in [0.05, 0.1) is 5.39 Å². The van der Waals surface area contributed by atoms with Crippen LogP contribution < -0.4 is 4.74 Å². The topological polar surface area (TPSA) is 84.8 Å². The lowest BCUT2D eigenvalue weighted by Gasteiger charge is -2.33. The van der Waals surface area contributed by atoms with Gasteiger partial charge in [-0.2, -0.15) is 0 Å². The molecule has 0 unspecified atom stereocenters. The number of hydrogen-bond acceptors (Lipinski definition) is 7. The second-order valence-electron chi connectivity index (χ2n) is 8.62. The number of benzene rings is 2. The molecular weight excluding hydrogens is 444 g/mol. The number of aliphatic hydroxyl groups excluding tert-OH is 1. The van der Waals surface area contributed by atoms with Gasteiger partial charge >= 0.3 is 0 Å². The highest BCUT2D eigenvalue weighted by molar-refractivity contribution is 5.87. The SMILES string of the molecule is Cc1nnc(-c2cc3c(OC[C@@H](O)CN4CCC(c5ccc(F)c(F)c5)CC4)cccc3o2)o1. The summed E-state index contributed by atoms with van der Waals surface area (Å²) in [4.78, 5) is 2.17. The van der Waals surface area contributed by atoms with Crippen LogP contribution in [0.3, 0.4) is 0 Å². The van der Waals surface area contributed by atoms with E-state index in [0.717, 1.165) is 36.9 Å². The van der Waals surface area contributed by atoms with E-state index in [-0.39, 0.29) is 12.5 Å². The van der Waals surface area contributed by atoms with Gasteiger partial charge in [0.1, 0.15) is 24.0 Å². The summed E-state index contributed by atoms with van der Waals surface area (Å²) in [5.74, 6) is 0.359. The first-order valence-electron chi connectivity index (χ1n) is 11.3. The number of piperidine rings is 1. The van der Waals surface area contributed by atoms with Crippen molar-refractivity contribution in [1.29, 1.82) is 0 Å². The third kappa shape index (κ3) is 4.80. The first kappa shape index (κ1) is 22.5. The summed E-state index contributed by atoms with van der Waals surface area (Å²) in [5, 5.41) is 19.1. The monoisotopic (exact) mass is 469 g/mol. The zero-order valence-corrected chi connectivity index (χ0v) is 18.7. The van der Waals surface area contributed by atoms with E-state index in [4.69, 9.17) is 13.6 Å². The fourth-order valence-electron chi connectivity index (χ4n) is 4.41. The van der Waals surface area contributed by atoms with E-state index in [0.29, 0.717) is 35.4 Å². The zero-order chi connectivity index (χ0) is 23.7. The van der Waals surface area contributed by atoms with Crippen molar-refractivity contribution in [3.8, 4) is 17.4 Å². The Balaban J connectivity index is 1.16. The van der Waals surface area contributed by atoms with E-state index >= 15 is 0 Å². The standard InChI is InChI=1S/C25H25F2N3O4/c1-15-28-29-25(33-15)24-12-19-22(3-2-4-23(19)34-24)32-14-18(31)13-30-9-7-16(8-10-30)17-5-6-20(26)21(27)11-17/h2-6,11-12,16,18,31H,7-10,13-14H2,1H3/t18-/m0/s1. The fraction of sp³-hybridized carbons (Fsp3) is 0.360. The summed E-state index contributed by atoms with van der Waals surface area (Å²) in [5.41, 5.74) is 1.45. The molecule has 178 valence electrons. The molecule has 2 aromatic carbocycles. The number of likely N-dealkylation sites (tertiary alicyclic amines) is 1. The number of nitrogens with zero attached hydrogens (tertiary/aromatic N) is 3. The van der Waals surface area contributed by atoms with E-state index in [1.165, 1.54) is 12.1 Å². The van der Waals surface area contributed by atoms with E-state index in [2.05, 4.69) is 15.1 Å². The van der Waals surface area contributed by atoms with Crippen LogP contribution in [0.25, 0.3) is 22.6 Å². The number of aromatic nitrogens is 2. The molecular formula is C25H25F2N3O4. The van der Waals surface area contributed by atoms with E-state index < -0.39 is 17.7 Å². The van der Waals surface area contributed by atoms with Gasteiger partial charge in [-0.1, -0.05) is 12.1 Å². The highest BCUT2D eigenvalue weighted by atomic mass is 19.2. The van der Waals surface area contributed by atoms with Gasteiger partial charge in [0.2, 0.25) is 5.89 Å². The Labute approximate surface area is 195 Å². The molecule has 1 atom stereocenters.